The molecule has 0 radical (unpaired) electrons. The first-order valence-corrected chi connectivity index (χ1v) is 8.38. The van der Waals surface area contributed by atoms with Gasteiger partial charge in [0.15, 0.2) is 0 Å². The van der Waals surface area contributed by atoms with Gasteiger partial charge in [-0.2, -0.15) is 0 Å². The quantitative estimate of drug-likeness (QED) is 0.917. The van der Waals surface area contributed by atoms with Crippen LogP contribution in [-0.2, 0) is 6.42 Å². The number of nitrogens with one attached hydrogen (secondary N) is 1. The first-order chi connectivity index (χ1) is 10.7. The summed E-state index contributed by atoms with van der Waals surface area (Å²) in [6, 6.07) is 9.72. The number of methoxy groups -OCH3 is 1. The molecule has 1 unspecified atom stereocenters. The average molecular weight is 316 g/mol. The molecule has 1 aliphatic heterocycles. The van der Waals surface area contributed by atoms with Crippen molar-refractivity contribution in [2.24, 2.45) is 0 Å². The predicted octanol–water partition coefficient (Wildman–Crippen LogP) is 4.30. The van der Waals surface area contributed by atoms with Crippen molar-refractivity contribution in [2.45, 2.75) is 25.8 Å². The molecule has 0 fully saturated rings. The maximum Gasteiger partial charge on any atom is 0.322 e. The van der Waals surface area contributed by atoms with Crippen molar-refractivity contribution in [1.82, 2.24) is 4.90 Å². The van der Waals surface area contributed by atoms with E-state index in [1.54, 1.807) is 18.4 Å². The van der Waals surface area contributed by atoms with E-state index in [4.69, 9.17) is 4.74 Å². The normalized spacial score (nSPS) is 17.0. The van der Waals surface area contributed by atoms with Gasteiger partial charge >= 0.3 is 6.03 Å². The Hall–Kier alpha value is -2.01. The zero-order chi connectivity index (χ0) is 15.5. The third kappa shape index (κ3) is 2.81. The highest BCUT2D eigenvalue weighted by atomic mass is 32.1. The maximum absolute atomic E-state index is 12.6. The molecule has 1 N–H and O–H groups in total. The van der Waals surface area contributed by atoms with E-state index in [0.29, 0.717) is 0 Å². The molecule has 1 atom stereocenters. The zero-order valence-corrected chi connectivity index (χ0v) is 13.7. The van der Waals surface area contributed by atoms with Gasteiger partial charge in [0.05, 0.1) is 13.2 Å². The molecule has 4 nitrogen and oxygen atoms in total. The summed E-state index contributed by atoms with van der Waals surface area (Å²) in [7, 11) is 1.62. The van der Waals surface area contributed by atoms with Gasteiger partial charge in [-0.1, -0.05) is 13.0 Å². The summed E-state index contributed by atoms with van der Waals surface area (Å²) in [6.07, 6.45) is 1.87. The van der Waals surface area contributed by atoms with Crippen LogP contribution in [0.5, 0.6) is 5.75 Å². The summed E-state index contributed by atoms with van der Waals surface area (Å²) >= 11 is 1.79. The molecule has 1 aromatic heterocycles. The molecule has 0 saturated carbocycles. The van der Waals surface area contributed by atoms with Gasteiger partial charge in [-0.15, -0.1) is 11.3 Å². The second-order valence-corrected chi connectivity index (χ2v) is 6.33. The highest BCUT2D eigenvalue weighted by Crippen LogP contribution is 2.35. The Morgan fingerprint density at radius 1 is 1.45 bits per heavy atom. The van der Waals surface area contributed by atoms with Crippen LogP contribution in [0.3, 0.4) is 0 Å². The van der Waals surface area contributed by atoms with Crippen molar-refractivity contribution in [3.63, 3.8) is 0 Å². The predicted molar refractivity (Wildman–Crippen MR) is 89.8 cm³/mol. The van der Waals surface area contributed by atoms with Gasteiger partial charge in [-0.05, 0) is 42.0 Å². The van der Waals surface area contributed by atoms with E-state index in [0.717, 1.165) is 30.8 Å². The molecule has 0 saturated heterocycles. The summed E-state index contributed by atoms with van der Waals surface area (Å²) < 4.78 is 5.20. The number of carbonyl (C=O) groups is 1. The number of thiophene rings is 1. The molecule has 1 aliphatic rings. The van der Waals surface area contributed by atoms with Crippen molar-refractivity contribution in [1.29, 1.82) is 0 Å². The summed E-state index contributed by atoms with van der Waals surface area (Å²) in [5.74, 6) is 0.739. The lowest BCUT2D eigenvalue weighted by atomic mass is 9.98. The number of urea groups is 1. The van der Waals surface area contributed by atoms with E-state index in [1.165, 1.54) is 10.4 Å². The molecule has 0 bridgehead atoms. The number of fused-ring (bicyclic) bond motifs is 1. The Balaban J connectivity index is 1.77. The molecule has 0 aliphatic carbocycles. The average Bonchev–Trinajstić information content (AvgIpc) is 3.02. The van der Waals surface area contributed by atoms with Crippen LogP contribution >= 0.6 is 11.3 Å². The lowest BCUT2D eigenvalue weighted by Crippen LogP contribution is -2.41. The third-order valence-corrected chi connectivity index (χ3v) is 5.06. The van der Waals surface area contributed by atoms with Crippen LogP contribution in [0.2, 0.25) is 0 Å². The second kappa shape index (κ2) is 6.40. The first-order valence-electron chi connectivity index (χ1n) is 7.51. The van der Waals surface area contributed by atoms with Gasteiger partial charge < -0.3 is 15.0 Å². The lowest BCUT2D eigenvalue weighted by molar-refractivity contribution is 0.181. The molecule has 2 heterocycles. The minimum absolute atomic E-state index is 0.0445. The molecule has 2 aromatic rings. The number of amides is 2. The third-order valence-electron chi connectivity index (χ3n) is 4.06. The van der Waals surface area contributed by atoms with E-state index >= 15 is 0 Å². The lowest BCUT2D eigenvalue weighted by Gasteiger charge is -2.35. The van der Waals surface area contributed by atoms with Gasteiger partial charge in [0.2, 0.25) is 0 Å². The fraction of sp³-hybridized carbons (Fsp3) is 0.353. The van der Waals surface area contributed by atoms with E-state index in [9.17, 15) is 4.79 Å². The number of hydrogen-bond donors (Lipinski definition) is 1. The van der Waals surface area contributed by atoms with Gasteiger partial charge in [0.1, 0.15) is 5.75 Å². The number of benzene rings is 1. The van der Waals surface area contributed by atoms with Gasteiger partial charge in [-0.3, -0.25) is 0 Å². The molecule has 1 aromatic carbocycles. The highest BCUT2D eigenvalue weighted by Gasteiger charge is 2.30. The van der Waals surface area contributed by atoms with E-state index in [2.05, 4.69) is 23.7 Å². The molecular weight excluding hydrogens is 296 g/mol. The largest absolute Gasteiger partial charge is 0.497 e. The zero-order valence-electron chi connectivity index (χ0n) is 12.8. The number of ether oxygens (including phenoxy) is 1. The minimum Gasteiger partial charge on any atom is -0.497 e. The minimum atomic E-state index is -0.0445. The van der Waals surface area contributed by atoms with Crippen LogP contribution in [-0.4, -0.2) is 24.6 Å². The number of nitrogens with zero attached hydrogens (tertiary/aromatic N) is 1. The SMILES string of the molecule is CCC1c2ccsc2CCN1C(=O)Nc1cccc(OC)c1. The molecule has 0 spiro atoms. The molecule has 5 heteroatoms. The maximum atomic E-state index is 12.6. The highest BCUT2D eigenvalue weighted by molar-refractivity contribution is 7.10. The summed E-state index contributed by atoms with van der Waals surface area (Å²) in [5.41, 5.74) is 2.06. The number of hydrogen-bond acceptors (Lipinski definition) is 3. The molecule has 2 amide bonds. The molecule has 22 heavy (non-hydrogen) atoms. The van der Waals surface area contributed by atoms with Crippen LogP contribution < -0.4 is 10.1 Å². The van der Waals surface area contributed by atoms with E-state index < -0.39 is 0 Å². The van der Waals surface area contributed by atoms with Gasteiger partial charge in [-0.25, -0.2) is 4.79 Å². The Morgan fingerprint density at radius 3 is 3.09 bits per heavy atom. The Labute approximate surface area is 134 Å². The van der Waals surface area contributed by atoms with Crippen LogP contribution in [0.1, 0.15) is 29.8 Å². The van der Waals surface area contributed by atoms with Crippen LogP contribution in [0.15, 0.2) is 35.7 Å². The summed E-state index contributed by atoms with van der Waals surface area (Å²) in [6.45, 7) is 2.89. The number of anilines is 1. The Kier molecular flexibility index (Phi) is 4.34. The number of rotatable bonds is 3. The topological polar surface area (TPSA) is 41.6 Å². The standard InChI is InChI=1S/C17H20N2O2S/c1-3-15-14-8-10-22-16(14)7-9-19(15)17(20)18-12-5-4-6-13(11-12)21-2/h4-6,8,10-11,15H,3,7,9H2,1-2H3,(H,18,20). The second-order valence-electron chi connectivity index (χ2n) is 5.33. The Morgan fingerprint density at radius 2 is 2.32 bits per heavy atom. The van der Waals surface area contributed by atoms with Crippen molar-refractivity contribution in [3.05, 3.63) is 46.2 Å². The van der Waals surface area contributed by atoms with Crippen molar-refractivity contribution >= 4 is 23.1 Å². The fourth-order valence-electron chi connectivity index (χ4n) is 2.98. The molecule has 3 rings (SSSR count). The summed E-state index contributed by atoms with van der Waals surface area (Å²) in [5, 5.41) is 5.11. The fourth-order valence-corrected chi connectivity index (χ4v) is 3.90. The van der Waals surface area contributed by atoms with E-state index in [1.807, 2.05) is 29.2 Å². The van der Waals surface area contributed by atoms with Gasteiger partial charge in [0.25, 0.3) is 0 Å². The molecular formula is C17H20N2O2S. The summed E-state index contributed by atoms with van der Waals surface area (Å²) in [4.78, 5) is 16.0. The monoisotopic (exact) mass is 316 g/mol. The smallest absolute Gasteiger partial charge is 0.322 e. The van der Waals surface area contributed by atoms with Crippen molar-refractivity contribution in [3.8, 4) is 5.75 Å². The van der Waals surface area contributed by atoms with Crippen LogP contribution in [0.25, 0.3) is 0 Å². The van der Waals surface area contributed by atoms with Crippen molar-refractivity contribution < 1.29 is 9.53 Å². The van der Waals surface area contributed by atoms with Gasteiger partial charge in [0, 0.05) is 23.2 Å². The van der Waals surface area contributed by atoms with Crippen LogP contribution in [0, 0.1) is 0 Å². The molecule has 116 valence electrons. The van der Waals surface area contributed by atoms with E-state index in [-0.39, 0.29) is 12.1 Å². The Bertz CT molecular complexity index is 668. The van der Waals surface area contributed by atoms with Crippen LogP contribution in [0.4, 0.5) is 10.5 Å². The van der Waals surface area contributed by atoms with Crippen molar-refractivity contribution in [2.75, 3.05) is 19.0 Å². The first kappa shape index (κ1) is 14.9. The number of carbonyl (C=O) groups excluding carboxylic acids is 1.